The van der Waals surface area contributed by atoms with Gasteiger partial charge < -0.3 is 48.8 Å². The second kappa shape index (κ2) is 18.0. The average molecular weight is 462 g/mol. The Morgan fingerprint density at radius 2 is 1.41 bits per heavy atom. The maximum absolute atomic E-state index is 12.8. The Hall–Kier alpha value is -2.64. The molecule has 0 saturated carbocycles. The molecule has 12 N–H and O–H groups in total. The topological polar surface area (TPSA) is 241 Å². The van der Waals surface area contributed by atoms with Crippen LogP contribution in [0.2, 0.25) is 0 Å². The van der Waals surface area contributed by atoms with Crippen molar-refractivity contribution in [1.29, 1.82) is 0 Å². The van der Waals surface area contributed by atoms with Gasteiger partial charge >= 0.3 is 12.2 Å². The first-order valence-corrected chi connectivity index (χ1v) is 10.8. The molecule has 0 spiro atoms. The summed E-state index contributed by atoms with van der Waals surface area (Å²) >= 11 is 0. The molecule has 4 amide bonds. The monoisotopic (exact) mass is 461 g/mol. The number of primary amides is 2. The molecule has 0 aromatic heterocycles. The van der Waals surface area contributed by atoms with Crippen molar-refractivity contribution >= 4 is 24.0 Å². The fourth-order valence-corrected chi connectivity index (χ4v) is 2.76. The maximum Gasteiger partial charge on any atom is 0.407 e. The van der Waals surface area contributed by atoms with Crippen LogP contribution in [0.3, 0.4) is 0 Å². The zero-order valence-corrected chi connectivity index (χ0v) is 18.6. The third kappa shape index (κ3) is 16.1. The highest BCUT2D eigenvalue weighted by molar-refractivity contribution is 5.85. The number of hydrogen-bond acceptors (Lipinski definition) is 9. The van der Waals surface area contributed by atoms with E-state index in [2.05, 4.69) is 10.6 Å². The van der Waals surface area contributed by atoms with E-state index >= 15 is 0 Å². The second-order valence-electron chi connectivity index (χ2n) is 7.46. The Morgan fingerprint density at radius 1 is 0.781 bits per heavy atom. The van der Waals surface area contributed by atoms with Crippen molar-refractivity contribution in [3.8, 4) is 0 Å². The third-order valence-electron chi connectivity index (χ3n) is 4.53. The first-order valence-electron chi connectivity index (χ1n) is 10.8. The van der Waals surface area contributed by atoms with E-state index in [1.54, 1.807) is 0 Å². The zero-order valence-electron chi connectivity index (χ0n) is 18.6. The molecule has 13 nitrogen and oxygen atoms in total. The fourth-order valence-electron chi connectivity index (χ4n) is 2.76. The molecule has 0 bridgehead atoms. The van der Waals surface area contributed by atoms with Crippen molar-refractivity contribution in [2.75, 3.05) is 26.3 Å². The van der Waals surface area contributed by atoms with Crippen LogP contribution in [0.5, 0.6) is 0 Å². The molecule has 0 aliphatic carbocycles. The lowest BCUT2D eigenvalue weighted by atomic mass is 10.1. The first-order chi connectivity index (χ1) is 15.2. The highest BCUT2D eigenvalue weighted by Crippen LogP contribution is 2.06. The van der Waals surface area contributed by atoms with Gasteiger partial charge in [0.25, 0.3) is 0 Å². The van der Waals surface area contributed by atoms with E-state index in [9.17, 15) is 19.2 Å². The van der Waals surface area contributed by atoms with E-state index in [0.29, 0.717) is 45.2 Å². The molecule has 0 aromatic rings. The number of carbonyl (C=O) groups excluding carboxylic acids is 4. The predicted molar refractivity (Wildman–Crippen MR) is 118 cm³/mol. The third-order valence-corrected chi connectivity index (χ3v) is 4.53. The van der Waals surface area contributed by atoms with Crippen LogP contribution in [-0.4, -0.2) is 68.4 Å². The van der Waals surface area contributed by atoms with Crippen molar-refractivity contribution in [2.24, 2.45) is 28.7 Å². The molecule has 3 atom stereocenters. The standard InChI is InChI=1S/C19H39N7O6/c20-9-3-1-5-14(12-31-18(24)29)25-17(28)15(6-2-4-10-21)26-19(30)32-11-13(22)7-8-16(23)27/h13-15H,1-12,20-22H2,(H2,23,27)(H2,24,29)(H,25,28)(H,26,30). The molecule has 32 heavy (non-hydrogen) atoms. The number of alkyl carbamates (subject to hydrolysis) is 1. The minimum atomic E-state index is -0.947. The summed E-state index contributed by atoms with van der Waals surface area (Å²) in [5.74, 6) is -0.953. The van der Waals surface area contributed by atoms with Crippen LogP contribution in [0.15, 0.2) is 0 Å². The Bertz CT molecular complexity index is 578. The van der Waals surface area contributed by atoms with E-state index in [1.165, 1.54) is 0 Å². The quantitative estimate of drug-likeness (QED) is 0.117. The van der Waals surface area contributed by atoms with Gasteiger partial charge in [-0.05, 0) is 51.6 Å². The summed E-state index contributed by atoms with van der Waals surface area (Å²) in [6.45, 7) is 0.709. The van der Waals surface area contributed by atoms with Gasteiger partial charge in [-0.15, -0.1) is 0 Å². The Labute approximate surface area is 188 Å². The fraction of sp³-hybridized carbons (Fsp3) is 0.789. The molecule has 3 unspecified atom stereocenters. The van der Waals surface area contributed by atoms with Gasteiger partial charge in [-0.1, -0.05) is 6.42 Å². The molecule has 0 rings (SSSR count). The van der Waals surface area contributed by atoms with Gasteiger partial charge in [0.15, 0.2) is 0 Å². The van der Waals surface area contributed by atoms with Crippen molar-refractivity contribution in [3.05, 3.63) is 0 Å². The summed E-state index contributed by atoms with van der Waals surface area (Å²) in [5.41, 5.74) is 26.9. The van der Waals surface area contributed by atoms with Crippen LogP contribution in [0.25, 0.3) is 0 Å². The number of amides is 4. The number of carbonyl (C=O) groups is 4. The second-order valence-corrected chi connectivity index (χ2v) is 7.46. The lowest BCUT2D eigenvalue weighted by Gasteiger charge is -2.23. The minimum Gasteiger partial charge on any atom is -0.448 e. The SMILES string of the molecule is NCCCCC(COC(N)=O)NC(=O)C(CCCCN)NC(=O)OCC(N)CCC(N)=O. The smallest absolute Gasteiger partial charge is 0.407 e. The minimum absolute atomic E-state index is 0.0786. The number of hydrogen-bond donors (Lipinski definition) is 7. The van der Waals surface area contributed by atoms with Gasteiger partial charge in [-0.2, -0.15) is 0 Å². The van der Waals surface area contributed by atoms with Crippen LogP contribution >= 0.6 is 0 Å². The van der Waals surface area contributed by atoms with Gasteiger partial charge in [0.05, 0.1) is 6.04 Å². The van der Waals surface area contributed by atoms with Crippen molar-refractivity contribution in [1.82, 2.24) is 10.6 Å². The summed E-state index contributed by atoms with van der Waals surface area (Å²) in [6.07, 6.45) is 2.15. The summed E-state index contributed by atoms with van der Waals surface area (Å²) in [5, 5.41) is 5.29. The number of nitrogens with two attached hydrogens (primary N) is 5. The van der Waals surface area contributed by atoms with Crippen molar-refractivity contribution in [3.63, 3.8) is 0 Å². The molecule has 186 valence electrons. The van der Waals surface area contributed by atoms with Crippen molar-refractivity contribution in [2.45, 2.75) is 69.5 Å². The maximum atomic E-state index is 12.8. The largest absolute Gasteiger partial charge is 0.448 e. The molecule has 0 radical (unpaired) electrons. The lowest BCUT2D eigenvalue weighted by Crippen LogP contribution is -2.51. The average Bonchev–Trinajstić information content (AvgIpc) is 2.73. The Balaban J connectivity index is 4.87. The molecular formula is C19H39N7O6. The van der Waals surface area contributed by atoms with Crippen LogP contribution in [0.4, 0.5) is 9.59 Å². The van der Waals surface area contributed by atoms with E-state index in [1.807, 2.05) is 0 Å². The van der Waals surface area contributed by atoms with Gasteiger partial charge in [0.1, 0.15) is 19.3 Å². The number of unbranched alkanes of at least 4 members (excludes halogenated alkanes) is 2. The van der Waals surface area contributed by atoms with Crippen LogP contribution in [0, 0.1) is 0 Å². The van der Waals surface area contributed by atoms with E-state index in [0.717, 1.165) is 6.42 Å². The Morgan fingerprint density at radius 3 is 1.97 bits per heavy atom. The van der Waals surface area contributed by atoms with Crippen LogP contribution in [-0.2, 0) is 19.1 Å². The van der Waals surface area contributed by atoms with E-state index in [4.69, 9.17) is 38.1 Å². The predicted octanol–water partition coefficient (Wildman–Crippen LogP) is -1.49. The normalized spacial score (nSPS) is 13.5. The molecule has 13 heteroatoms. The number of ether oxygens (including phenoxy) is 2. The first kappa shape index (κ1) is 29.4. The number of rotatable bonds is 18. The number of nitrogens with one attached hydrogen (secondary N) is 2. The zero-order chi connectivity index (χ0) is 24.4. The molecule has 0 aromatic carbocycles. The molecular weight excluding hydrogens is 422 g/mol. The summed E-state index contributed by atoms with van der Waals surface area (Å²) < 4.78 is 9.87. The van der Waals surface area contributed by atoms with E-state index in [-0.39, 0.29) is 26.1 Å². The summed E-state index contributed by atoms with van der Waals surface area (Å²) in [6, 6.07) is -1.93. The van der Waals surface area contributed by atoms with Gasteiger partial charge in [0, 0.05) is 12.5 Å². The highest BCUT2D eigenvalue weighted by atomic mass is 16.6. The molecule has 0 saturated heterocycles. The van der Waals surface area contributed by atoms with Crippen LogP contribution < -0.4 is 39.3 Å². The van der Waals surface area contributed by atoms with Gasteiger partial charge in [-0.25, -0.2) is 9.59 Å². The summed E-state index contributed by atoms with van der Waals surface area (Å²) in [4.78, 5) is 46.7. The molecule has 0 aliphatic heterocycles. The van der Waals surface area contributed by atoms with Gasteiger partial charge in [0.2, 0.25) is 11.8 Å². The van der Waals surface area contributed by atoms with E-state index < -0.39 is 42.1 Å². The molecule has 0 heterocycles. The van der Waals surface area contributed by atoms with Gasteiger partial charge in [-0.3, -0.25) is 9.59 Å². The lowest BCUT2D eigenvalue weighted by molar-refractivity contribution is -0.124. The Kier molecular flexibility index (Phi) is 16.5. The van der Waals surface area contributed by atoms with Crippen molar-refractivity contribution < 1.29 is 28.7 Å². The van der Waals surface area contributed by atoms with Crippen LogP contribution in [0.1, 0.15) is 51.4 Å². The molecule has 0 aliphatic rings. The highest BCUT2D eigenvalue weighted by Gasteiger charge is 2.24. The summed E-state index contributed by atoms with van der Waals surface area (Å²) in [7, 11) is 0. The molecule has 0 fully saturated rings.